The highest BCUT2D eigenvalue weighted by atomic mass is 16.5. The molecular weight excluding hydrogens is 278 g/mol. The lowest BCUT2D eigenvalue weighted by Crippen LogP contribution is -2.28. The van der Waals surface area contributed by atoms with E-state index < -0.39 is 0 Å². The molecule has 4 nitrogen and oxygen atoms in total. The van der Waals surface area contributed by atoms with Crippen LogP contribution in [0.4, 0.5) is 0 Å². The zero-order valence-electron chi connectivity index (χ0n) is 13.1. The van der Waals surface area contributed by atoms with Crippen molar-refractivity contribution in [1.29, 1.82) is 0 Å². The molecule has 0 radical (unpaired) electrons. The summed E-state index contributed by atoms with van der Waals surface area (Å²) in [4.78, 5) is 12.1. The van der Waals surface area contributed by atoms with Gasteiger partial charge in [0.25, 0.3) is 0 Å². The molecular formula is C18H21NO3. The van der Waals surface area contributed by atoms with Crippen molar-refractivity contribution in [2.24, 2.45) is 0 Å². The Balaban J connectivity index is 2.02. The SMILES string of the molecule is COc1ccc([C@@H](C)NC(=O)Cc2ccccc2)cc1OC. The fraction of sp³-hybridized carbons (Fsp3) is 0.278. The van der Waals surface area contributed by atoms with E-state index in [0.29, 0.717) is 17.9 Å². The van der Waals surface area contributed by atoms with Gasteiger partial charge in [-0.15, -0.1) is 0 Å². The van der Waals surface area contributed by atoms with Crippen LogP contribution >= 0.6 is 0 Å². The monoisotopic (exact) mass is 299 g/mol. The molecule has 0 fully saturated rings. The third kappa shape index (κ3) is 4.01. The van der Waals surface area contributed by atoms with E-state index >= 15 is 0 Å². The van der Waals surface area contributed by atoms with Crippen LogP contribution in [0, 0.1) is 0 Å². The van der Waals surface area contributed by atoms with Crippen LogP contribution in [0.1, 0.15) is 24.1 Å². The summed E-state index contributed by atoms with van der Waals surface area (Å²) in [6, 6.07) is 15.2. The maximum Gasteiger partial charge on any atom is 0.224 e. The Morgan fingerprint density at radius 3 is 2.36 bits per heavy atom. The number of nitrogens with one attached hydrogen (secondary N) is 1. The van der Waals surface area contributed by atoms with Gasteiger partial charge in [0.2, 0.25) is 5.91 Å². The second-order valence-electron chi connectivity index (χ2n) is 5.07. The topological polar surface area (TPSA) is 47.6 Å². The summed E-state index contributed by atoms with van der Waals surface area (Å²) in [7, 11) is 3.20. The van der Waals surface area contributed by atoms with E-state index in [1.54, 1.807) is 14.2 Å². The molecule has 22 heavy (non-hydrogen) atoms. The van der Waals surface area contributed by atoms with Crippen molar-refractivity contribution in [3.63, 3.8) is 0 Å². The Morgan fingerprint density at radius 1 is 1.05 bits per heavy atom. The first-order chi connectivity index (χ1) is 10.6. The summed E-state index contributed by atoms with van der Waals surface area (Å²) in [5, 5.41) is 3.00. The van der Waals surface area contributed by atoms with E-state index in [-0.39, 0.29) is 11.9 Å². The van der Waals surface area contributed by atoms with Crippen LogP contribution < -0.4 is 14.8 Å². The lowest BCUT2D eigenvalue weighted by atomic mass is 10.1. The minimum atomic E-state index is -0.101. The molecule has 2 rings (SSSR count). The van der Waals surface area contributed by atoms with Gasteiger partial charge < -0.3 is 14.8 Å². The molecule has 0 aliphatic heterocycles. The van der Waals surface area contributed by atoms with Crippen LogP contribution in [-0.2, 0) is 11.2 Å². The van der Waals surface area contributed by atoms with Gasteiger partial charge in [-0.2, -0.15) is 0 Å². The molecule has 0 saturated carbocycles. The Labute approximate surface area is 131 Å². The molecule has 2 aromatic rings. The van der Waals surface area contributed by atoms with Gasteiger partial charge in [0.1, 0.15) is 0 Å². The number of ether oxygens (including phenoxy) is 2. The zero-order chi connectivity index (χ0) is 15.9. The molecule has 1 atom stereocenters. The standard InChI is InChI=1S/C18H21NO3/c1-13(15-9-10-16(21-2)17(12-15)22-3)19-18(20)11-14-7-5-4-6-8-14/h4-10,12-13H,11H2,1-3H3,(H,19,20)/t13-/m1/s1. The second kappa shape index (κ2) is 7.50. The van der Waals surface area contributed by atoms with Gasteiger partial charge in [-0.3, -0.25) is 4.79 Å². The van der Waals surface area contributed by atoms with Crippen molar-refractivity contribution >= 4 is 5.91 Å². The Morgan fingerprint density at radius 2 is 1.73 bits per heavy atom. The molecule has 0 bridgehead atoms. The van der Waals surface area contributed by atoms with Crippen LogP contribution in [0.3, 0.4) is 0 Å². The number of amides is 1. The third-order valence-corrected chi connectivity index (χ3v) is 3.49. The lowest BCUT2D eigenvalue weighted by Gasteiger charge is -2.16. The summed E-state index contributed by atoms with van der Waals surface area (Å²) in [5.74, 6) is 1.33. The fourth-order valence-electron chi connectivity index (χ4n) is 2.28. The smallest absolute Gasteiger partial charge is 0.224 e. The third-order valence-electron chi connectivity index (χ3n) is 3.49. The Hall–Kier alpha value is -2.49. The van der Waals surface area contributed by atoms with Crippen molar-refractivity contribution in [3.8, 4) is 11.5 Å². The molecule has 0 aliphatic carbocycles. The van der Waals surface area contributed by atoms with Gasteiger partial charge >= 0.3 is 0 Å². The summed E-state index contributed by atoms with van der Waals surface area (Å²) >= 11 is 0. The summed E-state index contributed by atoms with van der Waals surface area (Å²) in [5.41, 5.74) is 1.97. The summed E-state index contributed by atoms with van der Waals surface area (Å²) in [6.45, 7) is 1.95. The molecule has 116 valence electrons. The number of carbonyl (C=O) groups is 1. The van der Waals surface area contributed by atoms with Crippen LogP contribution in [0.5, 0.6) is 11.5 Å². The number of carbonyl (C=O) groups excluding carboxylic acids is 1. The molecule has 1 N–H and O–H groups in total. The molecule has 2 aromatic carbocycles. The zero-order valence-corrected chi connectivity index (χ0v) is 13.1. The predicted octanol–water partition coefficient (Wildman–Crippen LogP) is 3.12. The van der Waals surface area contributed by atoms with E-state index in [1.807, 2.05) is 55.5 Å². The highest BCUT2D eigenvalue weighted by Crippen LogP contribution is 2.29. The molecule has 1 amide bonds. The number of rotatable bonds is 6. The normalized spacial score (nSPS) is 11.6. The first-order valence-electron chi connectivity index (χ1n) is 7.19. The largest absolute Gasteiger partial charge is 0.493 e. The lowest BCUT2D eigenvalue weighted by molar-refractivity contribution is -0.121. The fourth-order valence-corrected chi connectivity index (χ4v) is 2.28. The average molecular weight is 299 g/mol. The van der Waals surface area contributed by atoms with Gasteiger partial charge in [0, 0.05) is 0 Å². The first-order valence-corrected chi connectivity index (χ1v) is 7.19. The van der Waals surface area contributed by atoms with Gasteiger partial charge in [-0.05, 0) is 30.2 Å². The molecule has 0 heterocycles. The van der Waals surface area contributed by atoms with Crippen molar-refractivity contribution < 1.29 is 14.3 Å². The van der Waals surface area contributed by atoms with Crippen LogP contribution in [0.2, 0.25) is 0 Å². The predicted molar refractivity (Wildman–Crippen MR) is 86.2 cm³/mol. The van der Waals surface area contributed by atoms with Crippen LogP contribution in [0.25, 0.3) is 0 Å². The van der Waals surface area contributed by atoms with E-state index in [2.05, 4.69) is 5.32 Å². The highest BCUT2D eigenvalue weighted by molar-refractivity contribution is 5.79. The molecule has 0 unspecified atom stereocenters. The van der Waals surface area contributed by atoms with Crippen LogP contribution in [0.15, 0.2) is 48.5 Å². The van der Waals surface area contributed by atoms with Gasteiger partial charge in [0.15, 0.2) is 11.5 Å². The van der Waals surface area contributed by atoms with Gasteiger partial charge in [-0.25, -0.2) is 0 Å². The molecule has 0 aliphatic rings. The maximum atomic E-state index is 12.1. The van der Waals surface area contributed by atoms with Crippen molar-refractivity contribution in [3.05, 3.63) is 59.7 Å². The average Bonchev–Trinajstić information content (AvgIpc) is 2.54. The Kier molecular flexibility index (Phi) is 5.42. The minimum absolute atomic E-state index is 0.00603. The number of benzene rings is 2. The molecule has 0 saturated heterocycles. The Bertz CT molecular complexity index is 625. The van der Waals surface area contributed by atoms with Crippen molar-refractivity contribution in [2.45, 2.75) is 19.4 Å². The molecule has 0 spiro atoms. The number of hydrogen-bond donors (Lipinski definition) is 1. The first kappa shape index (κ1) is 15.9. The second-order valence-corrected chi connectivity index (χ2v) is 5.07. The van der Waals surface area contributed by atoms with E-state index in [4.69, 9.17) is 9.47 Å². The highest BCUT2D eigenvalue weighted by Gasteiger charge is 2.13. The molecule has 0 aromatic heterocycles. The quantitative estimate of drug-likeness (QED) is 0.891. The van der Waals surface area contributed by atoms with E-state index in [0.717, 1.165) is 11.1 Å². The van der Waals surface area contributed by atoms with E-state index in [1.165, 1.54) is 0 Å². The van der Waals surface area contributed by atoms with Crippen LogP contribution in [-0.4, -0.2) is 20.1 Å². The number of methoxy groups -OCH3 is 2. The summed E-state index contributed by atoms with van der Waals surface area (Å²) in [6.07, 6.45) is 0.373. The van der Waals surface area contributed by atoms with Crippen molar-refractivity contribution in [1.82, 2.24) is 5.32 Å². The van der Waals surface area contributed by atoms with Gasteiger partial charge in [0.05, 0.1) is 26.7 Å². The van der Waals surface area contributed by atoms with E-state index in [9.17, 15) is 4.79 Å². The number of hydrogen-bond acceptors (Lipinski definition) is 3. The van der Waals surface area contributed by atoms with Gasteiger partial charge in [-0.1, -0.05) is 36.4 Å². The minimum Gasteiger partial charge on any atom is -0.493 e. The van der Waals surface area contributed by atoms with Crippen molar-refractivity contribution in [2.75, 3.05) is 14.2 Å². The summed E-state index contributed by atoms with van der Waals surface area (Å²) < 4.78 is 10.5. The maximum absolute atomic E-state index is 12.1. The molecule has 4 heteroatoms.